The van der Waals surface area contributed by atoms with Crippen LogP contribution in [0.5, 0.6) is 5.75 Å². The Morgan fingerprint density at radius 3 is 2.85 bits per heavy atom. The summed E-state index contributed by atoms with van der Waals surface area (Å²) in [5.74, 6) is 0.222. The Kier molecular flexibility index (Phi) is 4.49. The highest BCUT2D eigenvalue weighted by Gasteiger charge is 2.37. The normalized spacial score (nSPS) is 18.6. The first kappa shape index (κ1) is 14.7. The lowest BCUT2D eigenvalue weighted by atomic mass is 10.2. The van der Waals surface area contributed by atoms with E-state index < -0.39 is 6.04 Å². The van der Waals surface area contributed by atoms with Crippen LogP contribution in [0.4, 0.5) is 5.69 Å². The van der Waals surface area contributed by atoms with Crippen molar-refractivity contribution >= 4 is 29.1 Å². The minimum absolute atomic E-state index is 0.129. The Morgan fingerprint density at radius 2 is 2.20 bits per heavy atom. The second-order valence-corrected chi connectivity index (χ2v) is 5.04. The minimum atomic E-state index is -0.514. The fraction of sp³-hybridized carbons (Fsp3) is 0.429. The molecule has 1 aromatic carbocycles. The van der Waals surface area contributed by atoms with Crippen LogP contribution < -0.4 is 10.1 Å². The molecule has 1 aliphatic heterocycles. The molecule has 0 radical (unpaired) electrons. The number of hydrogen-bond acceptors (Lipinski definition) is 4. The lowest BCUT2D eigenvalue weighted by Gasteiger charge is -2.15. The number of anilines is 1. The van der Waals surface area contributed by atoms with E-state index >= 15 is 0 Å². The van der Waals surface area contributed by atoms with Crippen LogP contribution in [-0.4, -0.2) is 36.4 Å². The second kappa shape index (κ2) is 6.13. The molecule has 0 aliphatic carbocycles. The summed E-state index contributed by atoms with van der Waals surface area (Å²) >= 11 is 5.95. The highest BCUT2D eigenvalue weighted by molar-refractivity contribution is 6.32. The Hall–Kier alpha value is -1.75. The number of likely N-dealkylation sites (tertiary alicyclic amines) is 1. The van der Waals surface area contributed by atoms with Gasteiger partial charge in [-0.05, 0) is 18.6 Å². The van der Waals surface area contributed by atoms with Crippen LogP contribution >= 0.6 is 11.6 Å². The second-order valence-electron chi connectivity index (χ2n) is 4.63. The number of amides is 2. The third kappa shape index (κ3) is 2.88. The van der Waals surface area contributed by atoms with Crippen molar-refractivity contribution in [2.24, 2.45) is 0 Å². The van der Waals surface area contributed by atoms with Gasteiger partial charge in [-0.2, -0.15) is 0 Å². The number of benzene rings is 1. The lowest BCUT2D eigenvalue weighted by Crippen LogP contribution is -2.35. The zero-order valence-electron chi connectivity index (χ0n) is 11.5. The lowest BCUT2D eigenvalue weighted by molar-refractivity contribution is -0.138. The summed E-state index contributed by atoms with van der Waals surface area (Å²) < 4.78 is 5.12. The largest absolute Gasteiger partial charge is 0.495 e. The van der Waals surface area contributed by atoms with Crippen LogP contribution in [0.15, 0.2) is 18.2 Å². The number of carbonyl (C=O) groups is 2. The zero-order valence-corrected chi connectivity index (χ0v) is 12.2. The predicted octanol–water partition coefficient (Wildman–Crippen LogP) is 2.30. The molecular weight excluding hydrogens is 280 g/mol. The van der Waals surface area contributed by atoms with Crippen molar-refractivity contribution < 1.29 is 14.3 Å². The minimum Gasteiger partial charge on any atom is -0.495 e. The number of nitrogens with zero attached hydrogens (tertiary/aromatic N) is 1. The summed E-state index contributed by atoms with van der Waals surface area (Å²) in [4.78, 5) is 25.2. The summed E-state index contributed by atoms with van der Waals surface area (Å²) in [6.07, 6.45) is 0.947. The van der Waals surface area contributed by atoms with Gasteiger partial charge in [0.2, 0.25) is 5.91 Å². The molecule has 1 atom stereocenters. The van der Waals surface area contributed by atoms with Gasteiger partial charge in [0.05, 0.1) is 18.6 Å². The summed E-state index contributed by atoms with van der Waals surface area (Å²) in [5.41, 5.74) is 0.704. The van der Waals surface area contributed by atoms with Crippen LogP contribution in [0.1, 0.15) is 19.8 Å². The molecule has 1 unspecified atom stereocenters. The smallest absolute Gasteiger partial charge is 0.252 e. The molecule has 108 valence electrons. The number of hydrogen-bond donors (Lipinski definition) is 1. The van der Waals surface area contributed by atoms with Crippen LogP contribution in [-0.2, 0) is 9.59 Å². The van der Waals surface area contributed by atoms with Gasteiger partial charge in [0.15, 0.2) is 0 Å². The SMILES string of the molecule is CCCN1C(=O)CC(Nc2ccc(Cl)c(OC)c2)C1=O. The van der Waals surface area contributed by atoms with E-state index in [1.807, 2.05) is 6.92 Å². The van der Waals surface area contributed by atoms with E-state index in [2.05, 4.69) is 5.32 Å². The standard InChI is InChI=1S/C14H17ClN2O3/c1-3-6-17-13(18)8-11(14(17)19)16-9-4-5-10(15)12(7-9)20-2/h4-5,7,11,16H,3,6,8H2,1-2H3. The van der Waals surface area contributed by atoms with Crippen LogP contribution in [0.25, 0.3) is 0 Å². The van der Waals surface area contributed by atoms with Gasteiger partial charge in [0.1, 0.15) is 11.8 Å². The number of carbonyl (C=O) groups excluding carboxylic acids is 2. The molecule has 6 heteroatoms. The molecule has 1 fully saturated rings. The van der Waals surface area contributed by atoms with E-state index in [0.717, 1.165) is 6.42 Å². The zero-order chi connectivity index (χ0) is 14.7. The van der Waals surface area contributed by atoms with E-state index in [1.165, 1.54) is 12.0 Å². The number of nitrogens with one attached hydrogen (secondary N) is 1. The van der Waals surface area contributed by atoms with Gasteiger partial charge in [-0.15, -0.1) is 0 Å². The topological polar surface area (TPSA) is 58.6 Å². The van der Waals surface area contributed by atoms with Crippen LogP contribution in [0, 0.1) is 0 Å². The molecule has 1 aromatic rings. The molecule has 20 heavy (non-hydrogen) atoms. The van der Waals surface area contributed by atoms with Crippen LogP contribution in [0.2, 0.25) is 5.02 Å². The van der Waals surface area contributed by atoms with E-state index in [9.17, 15) is 9.59 Å². The van der Waals surface area contributed by atoms with Gasteiger partial charge < -0.3 is 10.1 Å². The van der Waals surface area contributed by atoms with E-state index in [1.54, 1.807) is 18.2 Å². The number of rotatable bonds is 5. The fourth-order valence-corrected chi connectivity index (χ4v) is 2.40. The predicted molar refractivity (Wildman–Crippen MR) is 77.0 cm³/mol. The molecule has 0 bridgehead atoms. The average molecular weight is 297 g/mol. The van der Waals surface area contributed by atoms with E-state index in [-0.39, 0.29) is 18.2 Å². The fourth-order valence-electron chi connectivity index (χ4n) is 2.21. The first-order valence-corrected chi connectivity index (χ1v) is 6.89. The highest BCUT2D eigenvalue weighted by Crippen LogP contribution is 2.28. The molecule has 0 spiro atoms. The molecule has 2 rings (SSSR count). The van der Waals surface area contributed by atoms with Crippen molar-refractivity contribution in [2.75, 3.05) is 19.0 Å². The number of halogens is 1. The van der Waals surface area contributed by atoms with Crippen molar-refractivity contribution in [3.63, 3.8) is 0 Å². The average Bonchev–Trinajstić information content (AvgIpc) is 2.69. The Bertz CT molecular complexity index is 533. The third-order valence-electron chi connectivity index (χ3n) is 3.18. The summed E-state index contributed by atoms with van der Waals surface area (Å²) in [7, 11) is 1.53. The number of methoxy groups -OCH3 is 1. The van der Waals surface area contributed by atoms with Gasteiger partial charge in [0.25, 0.3) is 5.91 Å². The number of ether oxygens (including phenoxy) is 1. The molecule has 1 heterocycles. The van der Waals surface area contributed by atoms with Crippen molar-refractivity contribution in [2.45, 2.75) is 25.8 Å². The highest BCUT2D eigenvalue weighted by atomic mass is 35.5. The number of imide groups is 1. The van der Waals surface area contributed by atoms with Crippen LogP contribution in [0.3, 0.4) is 0 Å². The first-order valence-electron chi connectivity index (χ1n) is 6.51. The van der Waals surface area contributed by atoms with Crippen molar-refractivity contribution in [1.82, 2.24) is 4.90 Å². The maximum Gasteiger partial charge on any atom is 0.252 e. The molecule has 1 aliphatic rings. The molecular formula is C14H17ClN2O3. The Labute approximate surface area is 122 Å². The summed E-state index contributed by atoms with van der Waals surface area (Å²) in [6, 6.07) is 4.64. The maximum atomic E-state index is 12.1. The molecule has 0 aromatic heterocycles. The van der Waals surface area contributed by atoms with Gasteiger partial charge in [0, 0.05) is 18.3 Å². The van der Waals surface area contributed by atoms with Crippen molar-refractivity contribution in [1.29, 1.82) is 0 Å². The Morgan fingerprint density at radius 1 is 1.45 bits per heavy atom. The van der Waals surface area contributed by atoms with Gasteiger partial charge in [-0.25, -0.2) is 0 Å². The van der Waals surface area contributed by atoms with Crippen molar-refractivity contribution in [3.05, 3.63) is 23.2 Å². The molecule has 5 nitrogen and oxygen atoms in total. The van der Waals surface area contributed by atoms with E-state index in [4.69, 9.17) is 16.3 Å². The molecule has 1 N–H and O–H groups in total. The van der Waals surface area contributed by atoms with Crippen molar-refractivity contribution in [3.8, 4) is 5.75 Å². The summed E-state index contributed by atoms with van der Waals surface area (Å²) in [5, 5.41) is 3.56. The van der Waals surface area contributed by atoms with Gasteiger partial charge in [-0.3, -0.25) is 14.5 Å². The van der Waals surface area contributed by atoms with E-state index in [0.29, 0.717) is 23.0 Å². The maximum absolute atomic E-state index is 12.1. The van der Waals surface area contributed by atoms with Gasteiger partial charge >= 0.3 is 0 Å². The molecule has 1 saturated heterocycles. The quantitative estimate of drug-likeness (QED) is 0.847. The monoisotopic (exact) mass is 296 g/mol. The third-order valence-corrected chi connectivity index (χ3v) is 3.50. The summed E-state index contributed by atoms with van der Waals surface area (Å²) in [6.45, 7) is 2.41. The first-order chi connectivity index (χ1) is 9.56. The molecule has 0 saturated carbocycles. The molecule has 2 amide bonds. The Balaban J connectivity index is 2.11. The van der Waals surface area contributed by atoms with Gasteiger partial charge in [-0.1, -0.05) is 18.5 Å².